The third kappa shape index (κ3) is 8.04. The molecule has 0 aromatic heterocycles. The number of ether oxygens (including phenoxy) is 1. The Hall–Kier alpha value is -2.51. The minimum Gasteiger partial charge on any atom is -0.481 e. The monoisotopic (exact) mass is 385 g/mol. The van der Waals surface area contributed by atoms with E-state index in [0.29, 0.717) is 6.42 Å². The van der Waals surface area contributed by atoms with Crippen molar-refractivity contribution in [3.8, 4) is 0 Å². The maximum absolute atomic E-state index is 12.2. The zero-order chi connectivity index (χ0) is 19.5. The summed E-state index contributed by atoms with van der Waals surface area (Å²) in [6, 6.07) is 7.96. The van der Waals surface area contributed by atoms with Crippen LogP contribution in [-0.2, 0) is 25.5 Å². The molecule has 1 aromatic carbocycles. The van der Waals surface area contributed by atoms with Crippen molar-refractivity contribution in [3.05, 3.63) is 35.9 Å². The molecule has 0 aliphatic heterocycles. The highest BCUT2D eigenvalue weighted by Gasteiger charge is 2.35. The third-order valence-corrected chi connectivity index (χ3v) is 4.19. The molecule has 0 saturated heterocycles. The van der Waals surface area contributed by atoms with Gasteiger partial charge < -0.3 is 20.5 Å². The van der Waals surface area contributed by atoms with Gasteiger partial charge in [-0.3, -0.25) is 9.59 Å². The van der Waals surface area contributed by atoms with Crippen molar-refractivity contribution in [2.24, 2.45) is 0 Å². The SMILES string of the molecule is CCC[C@H](NC(=O)OCc1ccccc1)C(=O)NC(CC(=O)O)[P+](=O)O. The number of carbonyl (C=O) groups excluding carboxylic acids is 2. The quantitative estimate of drug-likeness (QED) is 0.449. The largest absolute Gasteiger partial charge is 0.531 e. The van der Waals surface area contributed by atoms with E-state index < -0.39 is 44.2 Å². The number of nitrogens with one attached hydrogen (secondary N) is 2. The van der Waals surface area contributed by atoms with Crippen molar-refractivity contribution in [1.29, 1.82) is 0 Å². The molecule has 0 bridgehead atoms. The molecular formula is C16H22N2O7P+. The van der Waals surface area contributed by atoms with Gasteiger partial charge in [0, 0.05) is 0 Å². The van der Waals surface area contributed by atoms with Gasteiger partial charge in [-0.25, -0.2) is 4.79 Å². The van der Waals surface area contributed by atoms with E-state index in [2.05, 4.69) is 10.6 Å². The molecule has 0 fully saturated rings. The first-order valence-electron chi connectivity index (χ1n) is 7.98. The topological polar surface area (TPSA) is 142 Å². The molecule has 0 aliphatic carbocycles. The van der Waals surface area contributed by atoms with Gasteiger partial charge in [-0.05, 0) is 16.5 Å². The summed E-state index contributed by atoms with van der Waals surface area (Å²) in [5.41, 5.74) is 0.776. The van der Waals surface area contributed by atoms with Gasteiger partial charge in [-0.2, -0.15) is 4.89 Å². The summed E-state index contributed by atoms with van der Waals surface area (Å²) in [6.07, 6.45) is -0.708. The molecule has 0 heterocycles. The molecule has 0 aliphatic rings. The Morgan fingerprint density at radius 2 is 1.85 bits per heavy atom. The van der Waals surface area contributed by atoms with E-state index in [9.17, 15) is 18.9 Å². The van der Waals surface area contributed by atoms with Crippen LogP contribution >= 0.6 is 8.03 Å². The number of carbonyl (C=O) groups is 3. The van der Waals surface area contributed by atoms with Crippen molar-refractivity contribution < 1.29 is 33.7 Å². The van der Waals surface area contributed by atoms with Crippen LogP contribution in [0.25, 0.3) is 0 Å². The van der Waals surface area contributed by atoms with Gasteiger partial charge in [-0.15, -0.1) is 0 Å². The molecule has 2 unspecified atom stereocenters. The van der Waals surface area contributed by atoms with Gasteiger partial charge in [0.1, 0.15) is 19.1 Å². The first-order valence-corrected chi connectivity index (χ1v) is 9.26. The second-order valence-electron chi connectivity index (χ2n) is 5.47. The second kappa shape index (κ2) is 11.2. The maximum atomic E-state index is 12.2. The van der Waals surface area contributed by atoms with Crippen molar-refractivity contribution in [2.45, 2.75) is 44.6 Å². The Labute approximate surface area is 151 Å². The van der Waals surface area contributed by atoms with E-state index in [1.165, 1.54) is 0 Å². The van der Waals surface area contributed by atoms with Gasteiger partial charge in [0.25, 0.3) is 5.78 Å². The first-order chi connectivity index (χ1) is 12.3. The molecular weight excluding hydrogens is 363 g/mol. The number of rotatable bonds is 10. The predicted molar refractivity (Wildman–Crippen MR) is 92.5 cm³/mol. The molecule has 2 amide bonds. The number of alkyl carbamates (subject to hydrolysis) is 1. The van der Waals surface area contributed by atoms with Crippen LogP contribution in [0.1, 0.15) is 31.7 Å². The van der Waals surface area contributed by atoms with Crippen LogP contribution in [-0.4, -0.2) is 39.8 Å². The maximum Gasteiger partial charge on any atom is 0.531 e. The highest BCUT2D eigenvalue weighted by molar-refractivity contribution is 7.38. The smallest absolute Gasteiger partial charge is 0.481 e. The normalized spacial score (nSPS) is 13.2. The van der Waals surface area contributed by atoms with E-state index in [1.807, 2.05) is 6.07 Å². The van der Waals surface area contributed by atoms with Crippen molar-refractivity contribution >= 4 is 26.0 Å². The fourth-order valence-electron chi connectivity index (χ4n) is 2.08. The Kier molecular flexibility index (Phi) is 9.25. The van der Waals surface area contributed by atoms with Gasteiger partial charge >= 0.3 is 20.1 Å². The molecule has 142 valence electrons. The highest BCUT2D eigenvalue weighted by Crippen LogP contribution is 2.23. The molecule has 3 atom stereocenters. The summed E-state index contributed by atoms with van der Waals surface area (Å²) in [7, 11) is -2.93. The summed E-state index contributed by atoms with van der Waals surface area (Å²) in [5, 5.41) is 13.3. The van der Waals surface area contributed by atoms with E-state index in [1.54, 1.807) is 31.2 Å². The molecule has 1 rings (SSSR count). The fourth-order valence-corrected chi connectivity index (χ4v) is 2.63. The molecule has 10 heteroatoms. The number of carboxylic acids is 1. The summed E-state index contributed by atoms with van der Waals surface area (Å²) < 4.78 is 16.2. The average molecular weight is 385 g/mol. The lowest BCUT2D eigenvalue weighted by Gasteiger charge is -2.18. The van der Waals surface area contributed by atoms with Crippen LogP contribution in [0.4, 0.5) is 4.79 Å². The first kappa shape index (κ1) is 21.5. The van der Waals surface area contributed by atoms with Crippen molar-refractivity contribution in [2.75, 3.05) is 0 Å². The zero-order valence-corrected chi connectivity index (χ0v) is 15.1. The molecule has 4 N–H and O–H groups in total. The second-order valence-corrected chi connectivity index (χ2v) is 6.70. The summed E-state index contributed by atoms with van der Waals surface area (Å²) in [6.45, 7) is 1.82. The van der Waals surface area contributed by atoms with E-state index in [0.717, 1.165) is 5.56 Å². The van der Waals surface area contributed by atoms with Crippen LogP contribution in [0.5, 0.6) is 0 Å². The number of carboxylic acid groups (broad SMARTS) is 1. The van der Waals surface area contributed by atoms with E-state index >= 15 is 0 Å². The molecule has 26 heavy (non-hydrogen) atoms. The van der Waals surface area contributed by atoms with Gasteiger partial charge in [0.05, 0.1) is 0 Å². The number of benzene rings is 1. The Balaban J connectivity index is 2.62. The van der Waals surface area contributed by atoms with Crippen LogP contribution in [0.2, 0.25) is 0 Å². The van der Waals surface area contributed by atoms with E-state index in [4.69, 9.17) is 14.7 Å². The van der Waals surface area contributed by atoms with Crippen LogP contribution in [0, 0.1) is 0 Å². The predicted octanol–water partition coefficient (Wildman–Crippen LogP) is 1.73. The Morgan fingerprint density at radius 3 is 2.38 bits per heavy atom. The van der Waals surface area contributed by atoms with Crippen LogP contribution in [0.3, 0.4) is 0 Å². The van der Waals surface area contributed by atoms with Gasteiger partial charge in [-0.1, -0.05) is 43.7 Å². The highest BCUT2D eigenvalue weighted by atomic mass is 31.1. The molecule has 1 aromatic rings. The van der Waals surface area contributed by atoms with Gasteiger partial charge in [0.2, 0.25) is 5.91 Å². The van der Waals surface area contributed by atoms with Crippen molar-refractivity contribution in [3.63, 3.8) is 0 Å². The number of aliphatic carboxylic acids is 1. The molecule has 0 spiro atoms. The molecule has 9 nitrogen and oxygen atoms in total. The lowest BCUT2D eigenvalue weighted by atomic mass is 10.1. The van der Waals surface area contributed by atoms with Crippen LogP contribution in [0.15, 0.2) is 30.3 Å². The van der Waals surface area contributed by atoms with Gasteiger partial charge in [0.15, 0.2) is 0 Å². The lowest BCUT2D eigenvalue weighted by Crippen LogP contribution is -2.49. The Morgan fingerprint density at radius 1 is 1.19 bits per heavy atom. The fraction of sp³-hybridized carbons (Fsp3) is 0.438. The van der Waals surface area contributed by atoms with Crippen LogP contribution < -0.4 is 10.6 Å². The molecule has 0 saturated carbocycles. The number of hydrogen-bond acceptors (Lipinski definition) is 5. The van der Waals surface area contributed by atoms with Crippen molar-refractivity contribution in [1.82, 2.24) is 10.6 Å². The average Bonchev–Trinajstić information content (AvgIpc) is 2.59. The summed E-state index contributed by atoms with van der Waals surface area (Å²) in [5.74, 6) is -3.50. The standard InChI is InChI=1S/C16H21N2O7P/c1-2-6-12(15(21)18-13(26(23)24)9-14(19)20)17-16(22)25-10-11-7-4-3-5-8-11/h3-5,7-8,12-13H,2,6,9-10H2,1H3,(H3-,17,18,19,20,21,22,23,24)/p+1/t12-,13?/m0/s1. The Bertz CT molecular complexity index is 639. The minimum atomic E-state index is -2.93. The van der Waals surface area contributed by atoms with E-state index in [-0.39, 0.29) is 13.0 Å². The summed E-state index contributed by atoms with van der Waals surface area (Å²) >= 11 is 0. The third-order valence-electron chi connectivity index (χ3n) is 3.34. The summed E-state index contributed by atoms with van der Waals surface area (Å²) in [4.78, 5) is 44.0. The number of amides is 2. The minimum absolute atomic E-state index is 0.0251. The molecule has 0 radical (unpaired) electrons. The zero-order valence-electron chi connectivity index (χ0n) is 14.3. The lowest BCUT2D eigenvalue weighted by molar-refractivity contribution is -0.137. The number of hydrogen-bond donors (Lipinski definition) is 4.